The van der Waals surface area contributed by atoms with E-state index in [0.717, 1.165) is 36.4 Å². The van der Waals surface area contributed by atoms with E-state index >= 15 is 0 Å². The summed E-state index contributed by atoms with van der Waals surface area (Å²) in [5, 5.41) is 0. The van der Waals surface area contributed by atoms with Crippen molar-refractivity contribution < 1.29 is 4.74 Å². The van der Waals surface area contributed by atoms with Crippen LogP contribution in [0.5, 0.6) is 0 Å². The molecule has 0 spiro atoms. The summed E-state index contributed by atoms with van der Waals surface area (Å²) in [6.07, 6.45) is 4.33. The Bertz CT molecular complexity index is 380. The summed E-state index contributed by atoms with van der Waals surface area (Å²) in [5.74, 6) is 0.942. The van der Waals surface area contributed by atoms with E-state index in [1.807, 2.05) is 6.07 Å². The van der Waals surface area contributed by atoms with E-state index in [2.05, 4.69) is 32.7 Å². The van der Waals surface area contributed by atoms with Crippen LogP contribution in [-0.4, -0.2) is 30.8 Å². The van der Waals surface area contributed by atoms with Gasteiger partial charge < -0.3 is 15.4 Å². The number of nitrogens with zero attached hydrogens (tertiary/aromatic N) is 2. The molecule has 0 aromatic carbocycles. The number of anilines is 2. The van der Waals surface area contributed by atoms with Crippen molar-refractivity contribution in [3.05, 3.63) is 16.7 Å². The first-order valence-corrected chi connectivity index (χ1v) is 6.77. The SMILES string of the molecule is CCN(CC1CCCO1)c1ncc(N)cc1Br. The predicted molar refractivity (Wildman–Crippen MR) is 73.2 cm³/mol. The topological polar surface area (TPSA) is 51.4 Å². The first-order valence-electron chi connectivity index (χ1n) is 5.98. The van der Waals surface area contributed by atoms with Gasteiger partial charge in [0.25, 0.3) is 0 Å². The molecule has 0 radical (unpaired) electrons. The first kappa shape index (κ1) is 12.6. The second kappa shape index (κ2) is 5.69. The van der Waals surface area contributed by atoms with Crippen LogP contribution in [0.4, 0.5) is 11.5 Å². The lowest BCUT2D eigenvalue weighted by atomic mass is 10.2. The highest BCUT2D eigenvalue weighted by Crippen LogP contribution is 2.26. The highest BCUT2D eigenvalue weighted by atomic mass is 79.9. The number of rotatable bonds is 4. The first-order chi connectivity index (χ1) is 8.20. The Morgan fingerprint density at radius 2 is 2.47 bits per heavy atom. The normalized spacial score (nSPS) is 19.5. The van der Waals surface area contributed by atoms with Gasteiger partial charge in [0.1, 0.15) is 5.82 Å². The van der Waals surface area contributed by atoms with Crippen molar-refractivity contribution in [2.24, 2.45) is 0 Å². The maximum atomic E-state index is 5.70. The maximum Gasteiger partial charge on any atom is 0.143 e. The van der Waals surface area contributed by atoms with Gasteiger partial charge in [-0.25, -0.2) is 4.98 Å². The van der Waals surface area contributed by atoms with Gasteiger partial charge in [0.2, 0.25) is 0 Å². The van der Waals surface area contributed by atoms with Crippen LogP contribution in [0.1, 0.15) is 19.8 Å². The van der Waals surface area contributed by atoms with Crippen molar-refractivity contribution in [2.45, 2.75) is 25.9 Å². The monoisotopic (exact) mass is 299 g/mol. The molecular formula is C12H18BrN3O. The summed E-state index contributed by atoms with van der Waals surface area (Å²) in [6, 6.07) is 1.89. The molecule has 0 aliphatic carbocycles. The zero-order chi connectivity index (χ0) is 12.3. The van der Waals surface area contributed by atoms with E-state index < -0.39 is 0 Å². The second-order valence-electron chi connectivity index (χ2n) is 4.25. The van der Waals surface area contributed by atoms with E-state index in [1.54, 1.807) is 6.20 Å². The standard InChI is InChI=1S/C12H18BrN3O/c1-2-16(8-10-4-3-5-17-10)12-11(13)6-9(14)7-15-12/h6-7,10H,2-5,8,14H2,1H3. The smallest absolute Gasteiger partial charge is 0.143 e. The fraction of sp³-hybridized carbons (Fsp3) is 0.583. The highest BCUT2D eigenvalue weighted by molar-refractivity contribution is 9.10. The minimum absolute atomic E-state index is 0.334. The Morgan fingerprint density at radius 1 is 1.65 bits per heavy atom. The summed E-state index contributed by atoms with van der Waals surface area (Å²) in [4.78, 5) is 6.61. The Labute approximate surface area is 110 Å². The molecule has 1 fully saturated rings. The van der Waals surface area contributed by atoms with Gasteiger partial charge in [0.15, 0.2) is 0 Å². The summed E-state index contributed by atoms with van der Waals surface area (Å²) < 4.78 is 6.60. The summed E-state index contributed by atoms with van der Waals surface area (Å²) >= 11 is 3.51. The van der Waals surface area contributed by atoms with Crippen LogP contribution in [0.2, 0.25) is 0 Å². The number of halogens is 1. The Hall–Kier alpha value is -0.810. The van der Waals surface area contributed by atoms with Crippen molar-refractivity contribution in [3.63, 3.8) is 0 Å². The molecule has 4 nitrogen and oxygen atoms in total. The van der Waals surface area contributed by atoms with Crippen molar-refractivity contribution in [1.82, 2.24) is 4.98 Å². The summed E-state index contributed by atoms with van der Waals surface area (Å²) in [6.45, 7) is 4.82. The average Bonchev–Trinajstić information content (AvgIpc) is 2.79. The molecule has 1 aromatic rings. The third-order valence-electron chi connectivity index (χ3n) is 2.97. The molecule has 2 N–H and O–H groups in total. The number of hydrogen-bond donors (Lipinski definition) is 1. The van der Waals surface area contributed by atoms with Gasteiger partial charge in [-0.3, -0.25) is 0 Å². The van der Waals surface area contributed by atoms with Gasteiger partial charge in [-0.05, 0) is 41.8 Å². The number of hydrogen-bond acceptors (Lipinski definition) is 4. The Balaban J connectivity index is 2.10. The molecule has 1 aliphatic rings. The minimum Gasteiger partial charge on any atom is -0.397 e. The van der Waals surface area contributed by atoms with E-state index in [4.69, 9.17) is 10.5 Å². The van der Waals surface area contributed by atoms with Crippen LogP contribution >= 0.6 is 15.9 Å². The largest absolute Gasteiger partial charge is 0.397 e. The van der Waals surface area contributed by atoms with E-state index in [0.29, 0.717) is 11.8 Å². The lowest BCUT2D eigenvalue weighted by molar-refractivity contribution is 0.115. The van der Waals surface area contributed by atoms with Crippen LogP contribution in [0, 0.1) is 0 Å². The number of aromatic nitrogens is 1. The molecule has 0 bridgehead atoms. The van der Waals surface area contributed by atoms with Crippen molar-refractivity contribution in [1.29, 1.82) is 0 Å². The van der Waals surface area contributed by atoms with Gasteiger partial charge in [-0.1, -0.05) is 0 Å². The molecule has 5 heteroatoms. The molecule has 1 unspecified atom stereocenters. The molecule has 1 atom stereocenters. The third-order valence-corrected chi connectivity index (χ3v) is 3.56. The van der Waals surface area contributed by atoms with E-state index in [1.165, 1.54) is 6.42 Å². The molecule has 0 amide bonds. The predicted octanol–water partition coefficient (Wildman–Crippen LogP) is 2.43. The van der Waals surface area contributed by atoms with Crippen molar-refractivity contribution >= 4 is 27.4 Å². The summed E-state index contributed by atoms with van der Waals surface area (Å²) in [7, 11) is 0. The minimum atomic E-state index is 0.334. The Morgan fingerprint density at radius 3 is 3.06 bits per heavy atom. The van der Waals surface area contributed by atoms with Crippen LogP contribution in [0.3, 0.4) is 0 Å². The van der Waals surface area contributed by atoms with Crippen LogP contribution < -0.4 is 10.6 Å². The van der Waals surface area contributed by atoms with Crippen molar-refractivity contribution in [2.75, 3.05) is 30.3 Å². The molecule has 2 heterocycles. The number of pyridine rings is 1. The molecule has 0 saturated carbocycles. The van der Waals surface area contributed by atoms with Crippen molar-refractivity contribution in [3.8, 4) is 0 Å². The van der Waals surface area contributed by atoms with Crippen LogP contribution in [-0.2, 0) is 4.74 Å². The van der Waals surface area contributed by atoms with Gasteiger partial charge in [-0.2, -0.15) is 0 Å². The Kier molecular flexibility index (Phi) is 4.23. The van der Waals surface area contributed by atoms with Crippen LogP contribution in [0.25, 0.3) is 0 Å². The number of nitrogens with two attached hydrogens (primary N) is 1. The molecule has 1 saturated heterocycles. The van der Waals surface area contributed by atoms with Gasteiger partial charge in [0, 0.05) is 19.7 Å². The third kappa shape index (κ3) is 3.10. The summed E-state index contributed by atoms with van der Waals surface area (Å²) in [5.41, 5.74) is 6.37. The number of ether oxygens (including phenoxy) is 1. The molecular weight excluding hydrogens is 282 g/mol. The lowest BCUT2D eigenvalue weighted by Gasteiger charge is -2.25. The average molecular weight is 300 g/mol. The zero-order valence-electron chi connectivity index (χ0n) is 10.0. The molecule has 1 aliphatic heterocycles. The molecule has 2 rings (SSSR count). The van der Waals surface area contributed by atoms with Gasteiger partial charge >= 0.3 is 0 Å². The van der Waals surface area contributed by atoms with E-state index in [9.17, 15) is 0 Å². The highest BCUT2D eigenvalue weighted by Gasteiger charge is 2.20. The number of nitrogen functional groups attached to an aromatic ring is 1. The van der Waals surface area contributed by atoms with E-state index in [-0.39, 0.29) is 0 Å². The second-order valence-corrected chi connectivity index (χ2v) is 5.10. The fourth-order valence-electron chi connectivity index (χ4n) is 2.08. The maximum absolute atomic E-state index is 5.70. The van der Waals surface area contributed by atoms with Crippen LogP contribution in [0.15, 0.2) is 16.7 Å². The zero-order valence-corrected chi connectivity index (χ0v) is 11.6. The fourth-order valence-corrected chi connectivity index (χ4v) is 2.70. The quantitative estimate of drug-likeness (QED) is 0.928. The molecule has 1 aromatic heterocycles. The lowest BCUT2D eigenvalue weighted by Crippen LogP contribution is -2.32. The van der Waals surface area contributed by atoms with Gasteiger partial charge in [-0.15, -0.1) is 0 Å². The molecule has 17 heavy (non-hydrogen) atoms. The number of likely N-dealkylation sites (N-methyl/N-ethyl adjacent to an activating group) is 1. The molecule has 94 valence electrons. The van der Waals surface area contributed by atoms with Gasteiger partial charge in [0.05, 0.1) is 22.5 Å².